The molecule has 1 heteroatoms. The van der Waals surface area contributed by atoms with Crippen molar-refractivity contribution in [2.24, 2.45) is 0 Å². The smallest absolute Gasteiger partial charge is 0.132 e. The van der Waals surface area contributed by atoms with E-state index >= 15 is 0 Å². The molecular weight excluding hydrogens is 244 g/mol. The Morgan fingerprint density at radius 1 is 0.700 bits per heavy atom. The predicted molar refractivity (Wildman–Crippen MR) is 85.9 cm³/mol. The molecule has 0 radical (unpaired) electrons. The second-order valence-electron chi connectivity index (χ2n) is 4.72. The van der Waals surface area contributed by atoms with Crippen molar-refractivity contribution in [3.8, 4) is 0 Å². The van der Waals surface area contributed by atoms with E-state index in [2.05, 4.69) is 60.7 Å². The molecule has 0 heterocycles. The number of hydrogen-bond acceptors (Lipinski definition) is 1. The molecule has 106 valence electrons. The molecule has 1 nitrogen and oxygen atoms in total. The fraction of sp³-hybridized carbons (Fsp3) is 0.316. The Balaban J connectivity index is 0.000000286. The highest BCUT2D eigenvalue weighted by Crippen LogP contribution is 2.06. The summed E-state index contributed by atoms with van der Waals surface area (Å²) in [6, 6.07) is 21.2. The van der Waals surface area contributed by atoms with Gasteiger partial charge in [0.1, 0.15) is 5.78 Å². The van der Waals surface area contributed by atoms with E-state index in [0.717, 1.165) is 12.8 Å². The first-order valence-electron chi connectivity index (χ1n) is 7.35. The monoisotopic (exact) mass is 268 g/mol. The van der Waals surface area contributed by atoms with Gasteiger partial charge in [0.05, 0.1) is 0 Å². The van der Waals surface area contributed by atoms with Crippen LogP contribution in [0.3, 0.4) is 0 Å². The summed E-state index contributed by atoms with van der Waals surface area (Å²) in [5.74, 6) is 0.343. The fourth-order valence-electron chi connectivity index (χ4n) is 1.83. The van der Waals surface area contributed by atoms with Gasteiger partial charge in [-0.2, -0.15) is 0 Å². The highest BCUT2D eigenvalue weighted by molar-refractivity contribution is 5.77. The van der Waals surface area contributed by atoms with Crippen molar-refractivity contribution < 1.29 is 4.79 Å². The van der Waals surface area contributed by atoms with E-state index < -0.39 is 0 Å². The van der Waals surface area contributed by atoms with Crippen LogP contribution in [0.15, 0.2) is 60.7 Å². The van der Waals surface area contributed by atoms with Gasteiger partial charge in [0, 0.05) is 12.8 Å². The second kappa shape index (κ2) is 9.96. The molecule has 2 rings (SSSR count). The average molecular weight is 268 g/mol. The molecule has 0 N–H and O–H groups in total. The zero-order valence-electron chi connectivity index (χ0n) is 12.5. The Hall–Kier alpha value is -1.89. The van der Waals surface area contributed by atoms with Crippen molar-refractivity contribution in [3.05, 3.63) is 71.8 Å². The predicted octanol–water partition coefficient (Wildman–Crippen LogP) is 4.85. The average Bonchev–Trinajstić information content (AvgIpc) is 2.54. The molecular formula is C19H24O. The lowest BCUT2D eigenvalue weighted by molar-refractivity contribution is -0.118. The van der Waals surface area contributed by atoms with Gasteiger partial charge in [0.25, 0.3) is 0 Å². The number of benzene rings is 2. The van der Waals surface area contributed by atoms with E-state index in [1.54, 1.807) is 0 Å². The van der Waals surface area contributed by atoms with Gasteiger partial charge in [-0.3, -0.25) is 4.79 Å². The largest absolute Gasteiger partial charge is 0.300 e. The summed E-state index contributed by atoms with van der Waals surface area (Å²) in [5, 5.41) is 0. The maximum atomic E-state index is 10.2. The van der Waals surface area contributed by atoms with Crippen molar-refractivity contribution in [2.75, 3.05) is 0 Å². The molecule has 0 aliphatic rings. The van der Waals surface area contributed by atoms with E-state index in [0.29, 0.717) is 18.6 Å². The van der Waals surface area contributed by atoms with Crippen LogP contribution in [-0.4, -0.2) is 5.78 Å². The molecule has 0 amide bonds. The van der Waals surface area contributed by atoms with E-state index in [1.807, 2.05) is 13.8 Å². The molecule has 0 spiro atoms. The van der Waals surface area contributed by atoms with Gasteiger partial charge in [0.15, 0.2) is 0 Å². The van der Waals surface area contributed by atoms with E-state index in [4.69, 9.17) is 0 Å². The molecule has 0 saturated carbocycles. The number of carbonyl (C=O) groups is 1. The summed E-state index contributed by atoms with van der Waals surface area (Å²) in [7, 11) is 0. The van der Waals surface area contributed by atoms with Crippen molar-refractivity contribution in [2.45, 2.75) is 39.5 Å². The lowest BCUT2D eigenvalue weighted by atomic mass is 10.0. The van der Waals surface area contributed by atoms with Gasteiger partial charge in [-0.1, -0.05) is 74.5 Å². The summed E-state index contributed by atoms with van der Waals surface area (Å²) in [5.41, 5.74) is 2.83. The third-order valence-corrected chi connectivity index (χ3v) is 3.18. The minimum atomic E-state index is 0.343. The molecule has 0 saturated heterocycles. The van der Waals surface area contributed by atoms with Gasteiger partial charge in [-0.25, -0.2) is 0 Å². The van der Waals surface area contributed by atoms with Crippen molar-refractivity contribution >= 4 is 5.78 Å². The first kappa shape index (κ1) is 16.2. The number of rotatable bonds is 5. The van der Waals surface area contributed by atoms with Crippen LogP contribution in [-0.2, 0) is 17.6 Å². The first-order chi connectivity index (χ1) is 9.76. The minimum absolute atomic E-state index is 0.343. The number of ketones is 1. The number of aryl methyl sites for hydroxylation is 2. The molecule has 0 fully saturated rings. The summed E-state index contributed by atoms with van der Waals surface area (Å²) >= 11 is 0. The van der Waals surface area contributed by atoms with Gasteiger partial charge in [-0.15, -0.1) is 0 Å². The van der Waals surface area contributed by atoms with Crippen LogP contribution in [0.5, 0.6) is 0 Å². The minimum Gasteiger partial charge on any atom is -0.300 e. The summed E-state index contributed by atoms with van der Waals surface area (Å²) < 4.78 is 0. The van der Waals surface area contributed by atoms with Gasteiger partial charge in [0.2, 0.25) is 0 Å². The second-order valence-corrected chi connectivity index (χ2v) is 4.72. The number of hydrogen-bond donors (Lipinski definition) is 0. The number of carbonyl (C=O) groups excluding carboxylic acids is 1. The number of Topliss-reactive ketones (excluding diaryl/α,β-unsaturated/α-hetero) is 1. The van der Waals surface area contributed by atoms with Gasteiger partial charge in [-0.05, 0) is 24.0 Å². The molecule has 0 unspecified atom stereocenters. The standard InChI is InChI=1S/C14H14.C5H10O/c1-3-7-13(8-4-1)11-12-14-9-5-2-6-10-14;1-3-5(6)4-2/h1-10H,11-12H2;3-4H2,1-2H3. The van der Waals surface area contributed by atoms with E-state index in [1.165, 1.54) is 11.1 Å². The van der Waals surface area contributed by atoms with Crippen molar-refractivity contribution in [3.63, 3.8) is 0 Å². The Bertz CT molecular complexity index is 428. The van der Waals surface area contributed by atoms with Crippen LogP contribution in [0.4, 0.5) is 0 Å². The Morgan fingerprint density at radius 3 is 1.30 bits per heavy atom. The molecule has 0 bridgehead atoms. The lowest BCUT2D eigenvalue weighted by Gasteiger charge is -2.01. The Morgan fingerprint density at radius 2 is 1.05 bits per heavy atom. The Labute approximate surface area is 122 Å². The van der Waals surface area contributed by atoms with E-state index in [9.17, 15) is 4.79 Å². The molecule has 0 aliphatic heterocycles. The Kier molecular flexibility index (Phi) is 8.05. The third-order valence-electron chi connectivity index (χ3n) is 3.18. The van der Waals surface area contributed by atoms with Crippen LogP contribution < -0.4 is 0 Å². The van der Waals surface area contributed by atoms with Gasteiger partial charge >= 0.3 is 0 Å². The zero-order valence-corrected chi connectivity index (χ0v) is 12.5. The molecule has 0 atom stereocenters. The third kappa shape index (κ3) is 6.89. The summed E-state index contributed by atoms with van der Waals surface area (Å²) in [6.45, 7) is 3.76. The van der Waals surface area contributed by atoms with Crippen molar-refractivity contribution in [1.29, 1.82) is 0 Å². The zero-order chi connectivity index (χ0) is 14.6. The van der Waals surface area contributed by atoms with Crippen LogP contribution in [0.25, 0.3) is 0 Å². The molecule has 20 heavy (non-hydrogen) atoms. The maximum Gasteiger partial charge on any atom is 0.132 e. The topological polar surface area (TPSA) is 17.1 Å². The highest BCUT2D eigenvalue weighted by Gasteiger charge is 1.93. The quantitative estimate of drug-likeness (QED) is 0.757. The maximum absolute atomic E-state index is 10.2. The fourth-order valence-corrected chi connectivity index (χ4v) is 1.83. The van der Waals surface area contributed by atoms with Crippen LogP contribution in [0.2, 0.25) is 0 Å². The molecule has 0 aromatic heterocycles. The first-order valence-corrected chi connectivity index (χ1v) is 7.35. The summed E-state index contributed by atoms with van der Waals surface area (Å²) in [6.07, 6.45) is 3.64. The SMILES string of the molecule is CCC(=O)CC.c1ccc(CCc2ccccc2)cc1. The van der Waals surface area contributed by atoms with Gasteiger partial charge < -0.3 is 0 Å². The summed E-state index contributed by atoms with van der Waals surface area (Å²) in [4.78, 5) is 10.2. The molecule has 0 aliphatic carbocycles. The van der Waals surface area contributed by atoms with Crippen LogP contribution in [0, 0.1) is 0 Å². The molecule has 2 aromatic carbocycles. The van der Waals surface area contributed by atoms with Crippen LogP contribution in [0.1, 0.15) is 37.8 Å². The lowest BCUT2D eigenvalue weighted by Crippen LogP contribution is -1.89. The van der Waals surface area contributed by atoms with Crippen molar-refractivity contribution in [1.82, 2.24) is 0 Å². The van der Waals surface area contributed by atoms with Crippen LogP contribution >= 0.6 is 0 Å². The normalized spacial score (nSPS) is 9.50. The highest BCUT2D eigenvalue weighted by atomic mass is 16.1. The molecule has 2 aromatic rings. The van der Waals surface area contributed by atoms with E-state index in [-0.39, 0.29) is 0 Å².